The molecular weight excluding hydrogens is 798 g/mol. The molecule has 1 aliphatic heterocycles. The van der Waals surface area contributed by atoms with E-state index >= 15 is 0 Å². The van der Waals surface area contributed by atoms with Crippen LogP contribution in [0.2, 0.25) is 0 Å². The van der Waals surface area contributed by atoms with Crippen LogP contribution in [0.25, 0.3) is 0 Å². The lowest BCUT2D eigenvalue weighted by atomic mass is 9.54. The van der Waals surface area contributed by atoms with Gasteiger partial charge >= 0.3 is 11.9 Å². The first-order valence-corrected chi connectivity index (χ1v) is 17.1. The monoisotopic (exact) mass is 819 g/mol. The third-order valence-electron chi connectivity index (χ3n) is 9.16. The molecule has 0 saturated carbocycles. The van der Waals surface area contributed by atoms with Crippen LogP contribution in [-0.4, -0.2) is 47.1 Å². The molecule has 0 spiro atoms. The van der Waals surface area contributed by atoms with Gasteiger partial charge in [-0.1, -0.05) is 96.3 Å². The molecule has 8 nitrogen and oxygen atoms in total. The van der Waals surface area contributed by atoms with Gasteiger partial charge in [0.2, 0.25) is 11.8 Å². The minimum atomic E-state index is -1.27. The predicted molar refractivity (Wildman–Crippen MR) is 181 cm³/mol. The average molecular weight is 822 g/mol. The number of carbonyl (C=O) groups excluding carboxylic acids is 5. The number of alkyl halides is 2. The molecule has 0 radical (unpaired) electrons. The molecule has 3 atom stereocenters. The summed E-state index contributed by atoms with van der Waals surface area (Å²) >= 11 is 11.2. The second-order valence-corrected chi connectivity index (χ2v) is 15.1. The van der Waals surface area contributed by atoms with Crippen molar-refractivity contribution in [1.82, 2.24) is 4.90 Å². The topological polar surface area (TPSA) is 107 Å². The molecule has 4 aromatic carbocycles. The first-order valence-electron chi connectivity index (χ1n) is 14.7. The molecule has 8 rings (SSSR count). The summed E-state index contributed by atoms with van der Waals surface area (Å²) in [6.07, 6.45) is 0. The Morgan fingerprint density at radius 3 is 1.64 bits per heavy atom. The van der Waals surface area contributed by atoms with Gasteiger partial charge < -0.3 is 9.47 Å². The van der Waals surface area contributed by atoms with Crippen molar-refractivity contribution in [2.45, 2.75) is 21.6 Å². The maximum Gasteiger partial charge on any atom is 0.343 e. The van der Waals surface area contributed by atoms with Gasteiger partial charge in [0.15, 0.2) is 12.4 Å². The number of hydrogen-bond donors (Lipinski definition) is 0. The van der Waals surface area contributed by atoms with E-state index in [1.165, 1.54) is 31.2 Å². The quantitative estimate of drug-likeness (QED) is 0.0673. The zero-order chi connectivity index (χ0) is 33.2. The second-order valence-electron chi connectivity index (χ2n) is 11.6. The summed E-state index contributed by atoms with van der Waals surface area (Å²) in [7, 11) is 0. The first kappa shape index (κ1) is 31.7. The minimum Gasteiger partial charge on any atom is -0.456 e. The van der Waals surface area contributed by atoms with Gasteiger partial charge in [-0.2, -0.15) is 0 Å². The van der Waals surface area contributed by atoms with Crippen LogP contribution >= 0.6 is 47.8 Å². The predicted octanol–water partition coefficient (Wildman–Crippen LogP) is 6.69. The Kier molecular flexibility index (Phi) is 7.84. The molecule has 2 amide bonds. The van der Waals surface area contributed by atoms with Crippen molar-refractivity contribution in [3.05, 3.63) is 135 Å². The summed E-state index contributed by atoms with van der Waals surface area (Å²) in [5.74, 6) is -4.34. The zero-order valence-corrected chi connectivity index (χ0v) is 29.4. The maximum absolute atomic E-state index is 14.2. The van der Waals surface area contributed by atoms with Crippen LogP contribution in [-0.2, 0) is 27.8 Å². The summed E-state index contributed by atoms with van der Waals surface area (Å²) in [5.41, 5.74) is 4.12. The normalized spacial score (nSPS) is 24.2. The number of hydrogen-bond acceptors (Lipinski definition) is 7. The number of likely N-dealkylation sites (tertiary alicyclic amines) is 1. The zero-order valence-electron chi connectivity index (χ0n) is 24.6. The van der Waals surface area contributed by atoms with E-state index in [1.54, 1.807) is 24.3 Å². The lowest BCUT2D eigenvalue weighted by molar-refractivity contribution is -0.157. The Morgan fingerprint density at radius 1 is 0.723 bits per heavy atom. The highest BCUT2D eigenvalue weighted by Crippen LogP contribution is 2.70. The van der Waals surface area contributed by atoms with Gasteiger partial charge in [-0.05, 0) is 77.7 Å². The number of nitrogens with zero attached hydrogens (tertiary/aromatic N) is 1. The molecule has 3 unspecified atom stereocenters. The molecule has 0 aromatic heterocycles. The van der Waals surface area contributed by atoms with E-state index < -0.39 is 62.7 Å². The third-order valence-corrected chi connectivity index (χ3v) is 12.4. The summed E-state index contributed by atoms with van der Waals surface area (Å²) in [4.78, 5) is 67.9. The van der Waals surface area contributed by atoms with Crippen LogP contribution in [0, 0.1) is 11.8 Å². The Hall–Kier alpha value is -3.93. The number of rotatable bonds is 7. The van der Waals surface area contributed by atoms with Crippen LogP contribution in [0.15, 0.2) is 102 Å². The van der Waals surface area contributed by atoms with Gasteiger partial charge in [0.1, 0.15) is 11.8 Å². The standard InChI is InChI=1S/C36H24Br3NO7/c1-19(33(44)46-18-28(41)20-12-16-23(17-13-20)47-34(45)21-10-14-22(37)15-11-21)40-31(42)29-30(32(40)43)36(39)25-7-3-2-6-24(25)35(29,38)26-8-4-5-9-27(26)36/h2-17,19,29-30H,18H2,1H3. The van der Waals surface area contributed by atoms with Gasteiger partial charge in [-0.25, -0.2) is 9.59 Å². The lowest BCUT2D eigenvalue weighted by Crippen LogP contribution is -2.56. The first-order chi connectivity index (χ1) is 22.5. The van der Waals surface area contributed by atoms with Crippen molar-refractivity contribution in [1.29, 1.82) is 0 Å². The second kappa shape index (κ2) is 11.6. The smallest absolute Gasteiger partial charge is 0.343 e. The Bertz CT molecular complexity index is 1870. The number of amides is 2. The van der Waals surface area contributed by atoms with Crippen molar-refractivity contribution >= 4 is 77.3 Å². The van der Waals surface area contributed by atoms with Crippen molar-refractivity contribution in [3.63, 3.8) is 0 Å². The fraction of sp³-hybridized carbons (Fsp3) is 0.194. The van der Waals surface area contributed by atoms with Crippen LogP contribution in [0.5, 0.6) is 5.75 Å². The van der Waals surface area contributed by atoms with Gasteiger partial charge in [-0.15, -0.1) is 0 Å². The van der Waals surface area contributed by atoms with E-state index in [0.717, 1.165) is 31.6 Å². The molecule has 3 aliphatic carbocycles. The van der Waals surface area contributed by atoms with Gasteiger partial charge in [0.05, 0.1) is 26.0 Å². The van der Waals surface area contributed by atoms with E-state index in [9.17, 15) is 24.0 Å². The van der Waals surface area contributed by atoms with Crippen molar-refractivity contribution in [2.75, 3.05) is 6.61 Å². The molecule has 1 saturated heterocycles. The highest BCUT2D eigenvalue weighted by Gasteiger charge is 2.73. The number of imide groups is 1. The Labute approximate surface area is 294 Å². The molecule has 4 aliphatic rings. The van der Waals surface area contributed by atoms with E-state index in [4.69, 9.17) is 9.47 Å². The molecule has 1 fully saturated rings. The van der Waals surface area contributed by atoms with Crippen LogP contribution in [0.4, 0.5) is 0 Å². The molecule has 1 heterocycles. The molecule has 4 aromatic rings. The van der Waals surface area contributed by atoms with E-state index in [1.807, 2.05) is 48.5 Å². The van der Waals surface area contributed by atoms with Crippen molar-refractivity contribution < 1.29 is 33.4 Å². The Balaban J connectivity index is 1.06. The van der Waals surface area contributed by atoms with Crippen LogP contribution in [0.3, 0.4) is 0 Å². The fourth-order valence-electron chi connectivity index (χ4n) is 6.98. The fourth-order valence-corrected chi connectivity index (χ4v) is 9.54. The summed E-state index contributed by atoms with van der Waals surface area (Å²) in [6, 6.07) is 26.7. The van der Waals surface area contributed by atoms with Gasteiger partial charge in [-0.3, -0.25) is 19.3 Å². The minimum absolute atomic E-state index is 0.225. The number of ketones is 1. The Morgan fingerprint density at radius 2 is 1.17 bits per heavy atom. The number of Topliss-reactive ketones (excluding diaryl/α,β-unsaturated/α-hetero) is 1. The molecular formula is C36H24Br3NO7. The number of carbonyl (C=O) groups is 5. The van der Waals surface area contributed by atoms with E-state index in [0.29, 0.717) is 5.56 Å². The molecule has 2 bridgehead atoms. The number of benzene rings is 4. The largest absolute Gasteiger partial charge is 0.456 e. The highest BCUT2D eigenvalue weighted by molar-refractivity contribution is 9.10. The number of halogens is 3. The van der Waals surface area contributed by atoms with Crippen LogP contribution in [0.1, 0.15) is 49.9 Å². The molecule has 236 valence electrons. The van der Waals surface area contributed by atoms with Crippen molar-refractivity contribution in [2.24, 2.45) is 11.8 Å². The number of ether oxygens (including phenoxy) is 2. The lowest BCUT2D eigenvalue weighted by Gasteiger charge is -2.55. The van der Waals surface area contributed by atoms with Gasteiger partial charge in [0, 0.05) is 10.0 Å². The SMILES string of the molecule is CC(C(=O)OCC(=O)c1ccc(OC(=O)c2ccc(Br)cc2)cc1)N1C(=O)C2C(C1=O)C1(Br)c3ccccc3C2(Br)c2ccccc21. The molecule has 47 heavy (non-hydrogen) atoms. The van der Waals surface area contributed by atoms with E-state index in [-0.39, 0.29) is 11.3 Å². The third kappa shape index (κ3) is 4.76. The highest BCUT2D eigenvalue weighted by atomic mass is 79.9. The molecule has 11 heteroatoms. The van der Waals surface area contributed by atoms with E-state index in [2.05, 4.69) is 47.8 Å². The average Bonchev–Trinajstić information content (AvgIpc) is 3.36. The van der Waals surface area contributed by atoms with Gasteiger partial charge in [0.25, 0.3) is 0 Å². The number of esters is 2. The summed E-state index contributed by atoms with van der Waals surface area (Å²) in [6.45, 7) is 0.824. The maximum atomic E-state index is 14.2. The van der Waals surface area contributed by atoms with Crippen LogP contribution < -0.4 is 4.74 Å². The van der Waals surface area contributed by atoms with Crippen molar-refractivity contribution in [3.8, 4) is 5.75 Å². The molecule has 0 N–H and O–H groups in total. The summed E-state index contributed by atoms with van der Waals surface area (Å²) in [5, 5.41) is 0. The summed E-state index contributed by atoms with van der Waals surface area (Å²) < 4.78 is 9.56.